The minimum Gasteiger partial charge on any atom is -0.478 e. The second kappa shape index (κ2) is 9.54. The van der Waals surface area contributed by atoms with Crippen LogP contribution in [0, 0.1) is 0 Å². The van der Waals surface area contributed by atoms with Crippen molar-refractivity contribution in [1.82, 2.24) is 0 Å². The number of cyclic esters (lactones) is 1. The number of hydrogen-bond acceptors (Lipinski definition) is 7. The summed E-state index contributed by atoms with van der Waals surface area (Å²) in [6.45, 7) is 2.90. The van der Waals surface area contributed by atoms with E-state index in [0.717, 1.165) is 6.92 Å². The molecule has 3 atom stereocenters. The van der Waals surface area contributed by atoms with Crippen molar-refractivity contribution in [3.63, 3.8) is 0 Å². The van der Waals surface area contributed by atoms with Crippen molar-refractivity contribution in [3.05, 3.63) is 0 Å². The number of rotatable bonds is 5. The second-order valence-corrected chi connectivity index (χ2v) is 6.85. The molecule has 7 nitrogen and oxygen atoms in total. The average molecular weight is 346 g/mol. The van der Waals surface area contributed by atoms with Gasteiger partial charge in [-0.3, -0.25) is 14.4 Å². The monoisotopic (exact) mass is 346 g/mol. The molecule has 0 aliphatic carbocycles. The van der Waals surface area contributed by atoms with E-state index in [-0.39, 0.29) is 41.7 Å². The molecule has 130 valence electrons. The molecule has 1 rings (SSSR count). The second-order valence-electron chi connectivity index (χ2n) is 5.51. The van der Waals surface area contributed by atoms with Crippen LogP contribution in [0.25, 0.3) is 0 Å². The number of aliphatic carboxylic acids is 1. The zero-order valence-corrected chi connectivity index (χ0v) is 14.1. The largest absolute Gasteiger partial charge is 0.478 e. The van der Waals surface area contributed by atoms with Crippen LogP contribution in [-0.2, 0) is 28.7 Å². The summed E-state index contributed by atoms with van der Waals surface area (Å²) < 4.78 is 9.91. The molecule has 0 aromatic rings. The smallest absolute Gasteiger partial charge is 0.345 e. The fourth-order valence-electron chi connectivity index (χ4n) is 2.17. The minimum atomic E-state index is -1.25. The van der Waals surface area contributed by atoms with Gasteiger partial charge in [-0.25, -0.2) is 4.79 Å². The van der Waals surface area contributed by atoms with Crippen LogP contribution in [0.5, 0.6) is 0 Å². The highest BCUT2D eigenvalue weighted by Crippen LogP contribution is 2.25. The van der Waals surface area contributed by atoms with Gasteiger partial charge >= 0.3 is 17.9 Å². The number of carboxylic acid groups (broad SMARTS) is 1. The quantitative estimate of drug-likeness (QED) is 0.748. The molecular weight excluding hydrogens is 324 g/mol. The number of thioether (sulfide) groups is 1. The van der Waals surface area contributed by atoms with Crippen LogP contribution in [-0.4, -0.2) is 52.0 Å². The van der Waals surface area contributed by atoms with Gasteiger partial charge in [-0.1, -0.05) is 0 Å². The molecule has 0 aromatic carbocycles. The number of Topliss-reactive ketones (excluding diaryl/α,β-unsaturated/α-hetero) is 1. The molecule has 0 spiro atoms. The number of esters is 2. The molecule has 8 heteroatoms. The molecule has 1 N–H and O–H groups in total. The predicted octanol–water partition coefficient (Wildman–Crippen LogP) is 1.57. The van der Waals surface area contributed by atoms with Gasteiger partial charge in [0, 0.05) is 37.2 Å². The molecule has 1 fully saturated rings. The summed E-state index contributed by atoms with van der Waals surface area (Å²) in [5.41, 5.74) is 0. The topological polar surface area (TPSA) is 107 Å². The Kier molecular flexibility index (Phi) is 8.08. The SMILES string of the molecule is CC(=O)O[C@H](CS[C@H]1CCC(=O)O[C@H](C)CCC(=O)C1)C(=O)O. The van der Waals surface area contributed by atoms with Gasteiger partial charge in [0.15, 0.2) is 0 Å². The summed E-state index contributed by atoms with van der Waals surface area (Å²) >= 11 is 1.23. The third kappa shape index (κ3) is 8.01. The molecule has 0 aromatic heterocycles. The molecule has 23 heavy (non-hydrogen) atoms. The number of carboxylic acids is 1. The zero-order chi connectivity index (χ0) is 17.4. The normalized spacial score (nSPS) is 24.4. The van der Waals surface area contributed by atoms with Gasteiger partial charge in [0.25, 0.3) is 0 Å². The van der Waals surface area contributed by atoms with Crippen LogP contribution >= 0.6 is 11.8 Å². The number of carbonyl (C=O) groups excluding carboxylic acids is 3. The van der Waals surface area contributed by atoms with Gasteiger partial charge in [0.05, 0.1) is 6.10 Å². The Balaban J connectivity index is 2.60. The number of hydrogen-bond donors (Lipinski definition) is 1. The standard InChI is InChI=1S/C15H22O7S/c1-9-3-4-11(17)7-12(5-6-14(18)21-9)23-8-13(15(19)20)22-10(2)16/h9,12-13H,3-8H2,1-2H3,(H,19,20)/t9-,12+,13-/m1/s1. The molecule has 1 saturated heterocycles. The first kappa shape index (κ1) is 19.5. The van der Waals surface area contributed by atoms with Gasteiger partial charge < -0.3 is 14.6 Å². The first-order valence-electron chi connectivity index (χ1n) is 7.50. The fourth-order valence-corrected chi connectivity index (χ4v) is 3.41. The summed E-state index contributed by atoms with van der Waals surface area (Å²) in [4.78, 5) is 45.6. The molecule has 0 radical (unpaired) electrons. The van der Waals surface area contributed by atoms with Crippen molar-refractivity contribution in [2.24, 2.45) is 0 Å². The maximum atomic E-state index is 11.9. The molecule has 0 unspecified atom stereocenters. The third-order valence-electron chi connectivity index (χ3n) is 3.36. The summed E-state index contributed by atoms with van der Waals surface area (Å²) in [7, 11) is 0. The fraction of sp³-hybridized carbons (Fsp3) is 0.733. The lowest BCUT2D eigenvalue weighted by Gasteiger charge is -2.21. The molecule has 0 amide bonds. The van der Waals surface area contributed by atoms with Crippen LogP contribution in [0.1, 0.15) is 46.0 Å². The average Bonchev–Trinajstić information content (AvgIpc) is 2.45. The van der Waals surface area contributed by atoms with Crippen molar-refractivity contribution in [3.8, 4) is 0 Å². The minimum absolute atomic E-state index is 0.0400. The Morgan fingerprint density at radius 1 is 1.35 bits per heavy atom. The summed E-state index contributed by atoms with van der Waals surface area (Å²) in [6.07, 6.45) is 0.183. The van der Waals surface area contributed by atoms with Crippen LogP contribution in [0.2, 0.25) is 0 Å². The summed E-state index contributed by atoms with van der Waals surface area (Å²) in [5.74, 6) is -2.11. The highest BCUT2D eigenvalue weighted by molar-refractivity contribution is 8.00. The van der Waals surface area contributed by atoms with E-state index >= 15 is 0 Å². The van der Waals surface area contributed by atoms with Gasteiger partial charge in [0.2, 0.25) is 6.10 Å². The van der Waals surface area contributed by atoms with E-state index in [9.17, 15) is 19.2 Å². The Hall–Kier alpha value is -1.57. The lowest BCUT2D eigenvalue weighted by Crippen LogP contribution is -2.30. The van der Waals surface area contributed by atoms with E-state index < -0.39 is 18.0 Å². The van der Waals surface area contributed by atoms with Crippen molar-refractivity contribution in [1.29, 1.82) is 0 Å². The van der Waals surface area contributed by atoms with E-state index in [4.69, 9.17) is 14.6 Å². The first-order valence-corrected chi connectivity index (χ1v) is 8.55. The lowest BCUT2D eigenvalue weighted by molar-refractivity contribution is -0.160. The molecule has 1 heterocycles. The van der Waals surface area contributed by atoms with Crippen molar-refractivity contribution in [2.45, 2.75) is 63.4 Å². The third-order valence-corrected chi connectivity index (χ3v) is 4.72. The molecule has 0 saturated carbocycles. The van der Waals surface area contributed by atoms with Crippen LogP contribution in [0.15, 0.2) is 0 Å². The maximum absolute atomic E-state index is 11.9. The Labute approximate surface area is 139 Å². The van der Waals surface area contributed by atoms with E-state index in [1.807, 2.05) is 0 Å². The van der Waals surface area contributed by atoms with Gasteiger partial charge in [0.1, 0.15) is 5.78 Å². The molecule has 1 aliphatic heterocycles. The number of carbonyl (C=O) groups is 4. The van der Waals surface area contributed by atoms with Crippen LogP contribution in [0.4, 0.5) is 0 Å². The highest BCUT2D eigenvalue weighted by Gasteiger charge is 2.25. The number of ether oxygens (including phenoxy) is 2. The molecular formula is C15H22O7S. The van der Waals surface area contributed by atoms with E-state index in [0.29, 0.717) is 19.3 Å². The Morgan fingerprint density at radius 3 is 2.65 bits per heavy atom. The zero-order valence-electron chi connectivity index (χ0n) is 13.3. The molecule has 1 aliphatic rings. The summed E-state index contributed by atoms with van der Waals surface area (Å²) in [6, 6.07) is 0. The van der Waals surface area contributed by atoms with E-state index in [2.05, 4.69) is 0 Å². The predicted molar refractivity (Wildman–Crippen MR) is 83.1 cm³/mol. The van der Waals surface area contributed by atoms with E-state index in [1.54, 1.807) is 6.92 Å². The van der Waals surface area contributed by atoms with Crippen LogP contribution in [0.3, 0.4) is 0 Å². The molecule has 0 bridgehead atoms. The van der Waals surface area contributed by atoms with Gasteiger partial charge in [-0.15, -0.1) is 0 Å². The summed E-state index contributed by atoms with van der Waals surface area (Å²) in [5, 5.41) is 8.83. The highest BCUT2D eigenvalue weighted by atomic mass is 32.2. The van der Waals surface area contributed by atoms with Crippen molar-refractivity contribution < 1.29 is 33.8 Å². The van der Waals surface area contributed by atoms with Crippen LogP contribution < -0.4 is 0 Å². The van der Waals surface area contributed by atoms with Gasteiger partial charge in [-0.2, -0.15) is 11.8 Å². The van der Waals surface area contributed by atoms with E-state index in [1.165, 1.54) is 11.8 Å². The first-order chi connectivity index (χ1) is 10.8. The van der Waals surface area contributed by atoms with Gasteiger partial charge in [-0.05, 0) is 19.8 Å². The number of ketones is 1. The van der Waals surface area contributed by atoms with Crippen molar-refractivity contribution in [2.75, 3.05) is 5.75 Å². The lowest BCUT2D eigenvalue weighted by atomic mass is 10.0. The maximum Gasteiger partial charge on any atom is 0.345 e. The van der Waals surface area contributed by atoms with Crippen molar-refractivity contribution >= 4 is 35.5 Å². The Bertz CT molecular complexity index is 463. The Morgan fingerprint density at radius 2 is 2.04 bits per heavy atom.